The van der Waals surface area contributed by atoms with E-state index in [0.29, 0.717) is 6.04 Å². The monoisotopic (exact) mass is 305 g/mol. The van der Waals surface area contributed by atoms with Gasteiger partial charge in [-0.3, -0.25) is 0 Å². The van der Waals surface area contributed by atoms with Crippen LogP contribution in [-0.2, 0) is 6.42 Å². The molecule has 0 amide bonds. The summed E-state index contributed by atoms with van der Waals surface area (Å²) in [6.07, 6.45) is 5.36. The van der Waals surface area contributed by atoms with Crippen molar-refractivity contribution in [3.8, 4) is 0 Å². The Hall–Kier alpha value is -0.640. The average molecular weight is 306 g/mol. The van der Waals surface area contributed by atoms with Crippen molar-refractivity contribution in [2.45, 2.75) is 38.6 Å². The molecule has 2 aromatic heterocycles. The third-order valence-electron chi connectivity index (χ3n) is 4.33. The van der Waals surface area contributed by atoms with Crippen LogP contribution in [0.15, 0.2) is 35.0 Å². The van der Waals surface area contributed by atoms with E-state index in [1.54, 1.807) is 0 Å². The number of hydrogen-bond acceptors (Lipinski definition) is 3. The fraction of sp³-hybridized carbons (Fsp3) is 0.529. The van der Waals surface area contributed by atoms with E-state index in [4.69, 9.17) is 0 Å². The van der Waals surface area contributed by atoms with Crippen molar-refractivity contribution in [3.63, 3.8) is 0 Å². The van der Waals surface area contributed by atoms with Gasteiger partial charge in [-0.2, -0.15) is 0 Å². The number of rotatable bonds is 6. The van der Waals surface area contributed by atoms with E-state index < -0.39 is 0 Å². The zero-order valence-corrected chi connectivity index (χ0v) is 13.7. The van der Waals surface area contributed by atoms with E-state index >= 15 is 0 Å². The lowest BCUT2D eigenvalue weighted by atomic mass is 10.0. The minimum absolute atomic E-state index is 0.490. The van der Waals surface area contributed by atoms with Crippen LogP contribution in [-0.4, -0.2) is 6.54 Å². The van der Waals surface area contributed by atoms with Gasteiger partial charge < -0.3 is 5.32 Å². The molecule has 0 saturated heterocycles. The maximum Gasteiger partial charge on any atom is 0.0463 e. The molecule has 1 nitrogen and oxygen atoms in total. The molecule has 20 heavy (non-hydrogen) atoms. The lowest BCUT2D eigenvalue weighted by Crippen LogP contribution is -2.27. The molecule has 0 radical (unpaired) electrons. The second-order valence-corrected chi connectivity index (χ2v) is 8.06. The molecule has 3 unspecified atom stereocenters. The molecule has 2 heterocycles. The summed E-state index contributed by atoms with van der Waals surface area (Å²) in [6.45, 7) is 3.57. The molecule has 2 aromatic rings. The zero-order valence-electron chi connectivity index (χ0n) is 12.0. The molecule has 0 aromatic carbocycles. The third kappa shape index (κ3) is 3.72. The predicted octanol–water partition coefficient (Wildman–Crippen LogP) is 5.12. The molecule has 0 spiro atoms. The van der Waals surface area contributed by atoms with Gasteiger partial charge in [-0.15, -0.1) is 22.7 Å². The first-order chi connectivity index (χ1) is 9.81. The summed E-state index contributed by atoms with van der Waals surface area (Å²) in [5.74, 6) is 1.81. The minimum Gasteiger partial charge on any atom is -0.309 e. The van der Waals surface area contributed by atoms with E-state index in [-0.39, 0.29) is 0 Å². The first-order valence-corrected chi connectivity index (χ1v) is 9.36. The molecular formula is C17H23NS2. The van der Waals surface area contributed by atoms with Crippen molar-refractivity contribution in [1.29, 1.82) is 0 Å². The van der Waals surface area contributed by atoms with Crippen LogP contribution in [0.4, 0.5) is 0 Å². The summed E-state index contributed by atoms with van der Waals surface area (Å²) < 4.78 is 0. The van der Waals surface area contributed by atoms with Gasteiger partial charge in [0.2, 0.25) is 0 Å². The summed E-state index contributed by atoms with van der Waals surface area (Å²) in [5.41, 5.74) is 0. The highest BCUT2D eigenvalue weighted by Crippen LogP contribution is 2.31. The summed E-state index contributed by atoms with van der Waals surface area (Å²) in [7, 11) is 0. The van der Waals surface area contributed by atoms with Gasteiger partial charge in [-0.05, 0) is 54.1 Å². The molecule has 3 rings (SSSR count). The Morgan fingerprint density at radius 1 is 1.20 bits per heavy atom. The van der Waals surface area contributed by atoms with E-state index in [9.17, 15) is 0 Å². The fourth-order valence-corrected chi connectivity index (χ4v) is 4.77. The number of nitrogens with one attached hydrogen (secondary N) is 1. The lowest BCUT2D eigenvalue weighted by Gasteiger charge is -2.19. The second kappa shape index (κ2) is 6.88. The summed E-state index contributed by atoms with van der Waals surface area (Å²) in [5, 5.41) is 8.21. The second-order valence-electron chi connectivity index (χ2n) is 6.04. The van der Waals surface area contributed by atoms with E-state index in [1.165, 1.54) is 35.6 Å². The summed E-state index contributed by atoms with van der Waals surface area (Å²) in [4.78, 5) is 2.96. The van der Waals surface area contributed by atoms with Crippen molar-refractivity contribution in [2.75, 3.05) is 6.54 Å². The van der Waals surface area contributed by atoms with Gasteiger partial charge in [-0.1, -0.05) is 25.5 Å². The molecular weight excluding hydrogens is 282 g/mol. The Morgan fingerprint density at radius 2 is 2.05 bits per heavy atom. The Kier molecular flexibility index (Phi) is 4.92. The summed E-state index contributed by atoms with van der Waals surface area (Å²) in [6, 6.07) is 9.34. The van der Waals surface area contributed by atoms with E-state index in [2.05, 4.69) is 47.3 Å². The van der Waals surface area contributed by atoms with Crippen molar-refractivity contribution >= 4 is 22.7 Å². The van der Waals surface area contributed by atoms with Crippen LogP contribution in [0.25, 0.3) is 0 Å². The lowest BCUT2D eigenvalue weighted by molar-refractivity contribution is 0.429. The molecule has 1 saturated carbocycles. The highest BCUT2D eigenvalue weighted by atomic mass is 32.1. The third-order valence-corrected chi connectivity index (χ3v) is 6.21. The van der Waals surface area contributed by atoms with Crippen LogP contribution in [0.2, 0.25) is 0 Å². The van der Waals surface area contributed by atoms with Gasteiger partial charge in [0, 0.05) is 22.2 Å². The summed E-state index contributed by atoms with van der Waals surface area (Å²) >= 11 is 3.75. The Labute approximate surface area is 130 Å². The smallest absolute Gasteiger partial charge is 0.0463 e. The Morgan fingerprint density at radius 3 is 2.70 bits per heavy atom. The first kappa shape index (κ1) is 14.3. The van der Waals surface area contributed by atoms with Crippen LogP contribution in [0, 0.1) is 11.8 Å². The Balaban J connectivity index is 1.60. The molecule has 3 heteroatoms. The first-order valence-electron chi connectivity index (χ1n) is 7.60. The molecule has 1 fully saturated rings. The van der Waals surface area contributed by atoms with Gasteiger partial charge in [0.05, 0.1) is 0 Å². The maximum atomic E-state index is 3.84. The van der Waals surface area contributed by atoms with Crippen molar-refractivity contribution in [3.05, 3.63) is 44.8 Å². The topological polar surface area (TPSA) is 12.0 Å². The van der Waals surface area contributed by atoms with Gasteiger partial charge in [0.15, 0.2) is 0 Å². The zero-order chi connectivity index (χ0) is 13.8. The molecule has 1 N–H and O–H groups in total. The molecule has 108 valence electrons. The minimum atomic E-state index is 0.490. The average Bonchev–Trinajstić information content (AvgIpc) is 3.17. The SMILES string of the molecule is CC1CCC(CNC(Cc2cccs2)c2cccs2)C1. The normalized spacial score (nSPS) is 24.1. The van der Waals surface area contributed by atoms with Crippen LogP contribution in [0.1, 0.15) is 42.0 Å². The van der Waals surface area contributed by atoms with Crippen LogP contribution < -0.4 is 5.32 Å². The van der Waals surface area contributed by atoms with Crippen molar-refractivity contribution in [1.82, 2.24) is 5.32 Å². The molecule has 3 atom stereocenters. The largest absolute Gasteiger partial charge is 0.309 e. The van der Waals surface area contributed by atoms with Gasteiger partial charge in [0.1, 0.15) is 0 Å². The van der Waals surface area contributed by atoms with Crippen LogP contribution in [0.5, 0.6) is 0 Å². The fourth-order valence-electron chi connectivity index (χ4n) is 3.21. The molecule has 0 aliphatic heterocycles. The maximum absolute atomic E-state index is 3.84. The number of hydrogen-bond donors (Lipinski definition) is 1. The molecule has 1 aliphatic carbocycles. The molecule has 1 aliphatic rings. The van der Waals surface area contributed by atoms with Crippen molar-refractivity contribution in [2.24, 2.45) is 11.8 Å². The standard InChI is InChI=1S/C17H23NS2/c1-13-6-7-14(10-13)12-18-16(17-5-3-9-20-17)11-15-4-2-8-19-15/h2-5,8-9,13-14,16,18H,6-7,10-12H2,1H3. The van der Waals surface area contributed by atoms with Gasteiger partial charge >= 0.3 is 0 Å². The highest BCUT2D eigenvalue weighted by Gasteiger charge is 2.22. The molecule has 0 bridgehead atoms. The Bertz CT molecular complexity index is 489. The highest BCUT2D eigenvalue weighted by molar-refractivity contribution is 7.10. The van der Waals surface area contributed by atoms with E-state index in [1.807, 2.05) is 22.7 Å². The van der Waals surface area contributed by atoms with Gasteiger partial charge in [-0.25, -0.2) is 0 Å². The van der Waals surface area contributed by atoms with Crippen LogP contribution in [0.3, 0.4) is 0 Å². The predicted molar refractivity (Wildman–Crippen MR) is 89.6 cm³/mol. The van der Waals surface area contributed by atoms with Gasteiger partial charge in [0.25, 0.3) is 0 Å². The van der Waals surface area contributed by atoms with E-state index in [0.717, 1.165) is 18.3 Å². The van der Waals surface area contributed by atoms with Crippen LogP contribution >= 0.6 is 22.7 Å². The van der Waals surface area contributed by atoms with Crippen molar-refractivity contribution < 1.29 is 0 Å². The quantitative estimate of drug-likeness (QED) is 0.781. The number of thiophene rings is 2.